The lowest BCUT2D eigenvalue weighted by Gasteiger charge is -2.29. The molecule has 1 aromatic rings. The van der Waals surface area contributed by atoms with Gasteiger partial charge in [0.15, 0.2) is 0 Å². The molecule has 1 heterocycles. The number of carbonyl (C=O) groups excluding carboxylic acids is 1. The van der Waals surface area contributed by atoms with Crippen LogP contribution in [0.5, 0.6) is 0 Å². The number of carbonyl (C=O) groups is 1. The van der Waals surface area contributed by atoms with Crippen LogP contribution in [-0.2, 0) is 11.2 Å². The number of hydrogen-bond donors (Lipinski definition) is 1. The molecule has 1 aromatic carbocycles. The molecule has 0 bridgehead atoms. The van der Waals surface area contributed by atoms with E-state index in [2.05, 4.69) is 5.43 Å². The van der Waals surface area contributed by atoms with Crippen molar-refractivity contribution in [1.82, 2.24) is 10.4 Å². The summed E-state index contributed by atoms with van der Waals surface area (Å²) >= 11 is 0. The van der Waals surface area contributed by atoms with E-state index in [1.807, 2.05) is 0 Å². The first-order valence-electron chi connectivity index (χ1n) is 7.49. The van der Waals surface area contributed by atoms with Gasteiger partial charge in [0.1, 0.15) is 11.9 Å². The molecule has 0 spiro atoms. The lowest BCUT2D eigenvalue weighted by Crippen LogP contribution is -2.50. The average molecular weight is 332 g/mol. The Morgan fingerprint density at radius 3 is 2.48 bits per heavy atom. The minimum absolute atomic E-state index is 0.00426. The minimum Gasteiger partial charge on any atom is -0.288 e. The number of hydrogen-bond acceptors (Lipinski definition) is 2. The van der Waals surface area contributed by atoms with Crippen LogP contribution in [0.3, 0.4) is 0 Å². The molecule has 1 saturated heterocycles. The summed E-state index contributed by atoms with van der Waals surface area (Å²) in [6.07, 6.45) is -4.25. The molecular formula is C16H20F4N2O. The van der Waals surface area contributed by atoms with E-state index in [4.69, 9.17) is 0 Å². The molecule has 0 aromatic heterocycles. The summed E-state index contributed by atoms with van der Waals surface area (Å²) in [5.74, 6) is -0.826. The number of nitrogens with zero attached hydrogens (tertiary/aromatic N) is 1. The van der Waals surface area contributed by atoms with Crippen molar-refractivity contribution in [1.29, 1.82) is 0 Å². The average Bonchev–Trinajstić information content (AvgIpc) is 2.69. The Hall–Kier alpha value is -1.63. The topological polar surface area (TPSA) is 32.3 Å². The highest BCUT2D eigenvalue weighted by atomic mass is 19.4. The third-order valence-electron chi connectivity index (χ3n) is 4.06. The Morgan fingerprint density at radius 2 is 1.96 bits per heavy atom. The third kappa shape index (κ3) is 4.22. The summed E-state index contributed by atoms with van der Waals surface area (Å²) < 4.78 is 53.4. The highest BCUT2D eigenvalue weighted by Gasteiger charge is 2.49. The molecule has 1 N–H and O–H groups in total. The normalized spacial score (nSPS) is 19.7. The Balaban J connectivity index is 2.01. The second kappa shape index (κ2) is 6.47. The van der Waals surface area contributed by atoms with Gasteiger partial charge in [0, 0.05) is 6.54 Å². The van der Waals surface area contributed by atoms with Crippen molar-refractivity contribution in [3.63, 3.8) is 0 Å². The Labute approximate surface area is 132 Å². The predicted molar refractivity (Wildman–Crippen MR) is 77.8 cm³/mol. The van der Waals surface area contributed by atoms with Crippen LogP contribution in [0, 0.1) is 11.2 Å². The number of halogens is 4. The fraction of sp³-hybridized carbons (Fsp3) is 0.562. The van der Waals surface area contributed by atoms with Gasteiger partial charge in [-0.1, -0.05) is 18.2 Å². The maximum absolute atomic E-state index is 13.5. The van der Waals surface area contributed by atoms with Crippen molar-refractivity contribution in [2.45, 2.75) is 45.3 Å². The molecule has 0 aliphatic carbocycles. The largest absolute Gasteiger partial charge is 0.405 e. The standard InChI is InChI=1S/C16H20F4N2O/c1-15(2)10-22(21-14(15)23)13(16(18,19)20)9-5-7-11-6-3-4-8-12(11)17/h3-4,6,8,13H,5,7,9-10H2,1-2H3,(H,21,23). The van der Waals surface area contributed by atoms with Gasteiger partial charge in [-0.25, -0.2) is 9.40 Å². The first-order valence-corrected chi connectivity index (χ1v) is 7.49. The van der Waals surface area contributed by atoms with E-state index in [0.29, 0.717) is 5.56 Å². The zero-order valence-electron chi connectivity index (χ0n) is 13.1. The van der Waals surface area contributed by atoms with Gasteiger partial charge in [-0.3, -0.25) is 10.2 Å². The monoisotopic (exact) mass is 332 g/mol. The third-order valence-corrected chi connectivity index (χ3v) is 4.06. The first-order chi connectivity index (χ1) is 10.6. The van der Waals surface area contributed by atoms with Gasteiger partial charge in [0.25, 0.3) is 0 Å². The van der Waals surface area contributed by atoms with Crippen molar-refractivity contribution in [3.8, 4) is 0 Å². The summed E-state index contributed by atoms with van der Waals surface area (Å²) in [6.45, 7) is 3.21. The Bertz CT molecular complexity index is 571. The molecule has 1 aliphatic heterocycles. The van der Waals surface area contributed by atoms with E-state index in [9.17, 15) is 22.4 Å². The number of amides is 1. The van der Waals surface area contributed by atoms with E-state index >= 15 is 0 Å². The van der Waals surface area contributed by atoms with E-state index in [0.717, 1.165) is 5.01 Å². The van der Waals surface area contributed by atoms with Crippen LogP contribution in [-0.4, -0.2) is 29.7 Å². The van der Waals surface area contributed by atoms with Crippen LogP contribution < -0.4 is 5.43 Å². The second-order valence-corrected chi connectivity index (χ2v) is 6.49. The van der Waals surface area contributed by atoms with Crippen molar-refractivity contribution in [3.05, 3.63) is 35.6 Å². The van der Waals surface area contributed by atoms with E-state index in [1.54, 1.807) is 32.0 Å². The first kappa shape index (κ1) is 17.7. The number of benzene rings is 1. The number of aryl methyl sites for hydroxylation is 1. The molecule has 1 amide bonds. The maximum atomic E-state index is 13.5. The molecule has 3 nitrogen and oxygen atoms in total. The summed E-state index contributed by atoms with van der Waals surface area (Å²) in [7, 11) is 0. The summed E-state index contributed by atoms with van der Waals surface area (Å²) in [5.41, 5.74) is 1.86. The summed E-state index contributed by atoms with van der Waals surface area (Å²) in [4.78, 5) is 11.7. The van der Waals surface area contributed by atoms with Crippen LogP contribution in [0.2, 0.25) is 0 Å². The smallest absolute Gasteiger partial charge is 0.288 e. The molecule has 128 valence electrons. The molecular weight excluding hydrogens is 312 g/mol. The molecule has 23 heavy (non-hydrogen) atoms. The van der Waals surface area contributed by atoms with Crippen molar-refractivity contribution < 1.29 is 22.4 Å². The molecule has 0 radical (unpaired) electrons. The molecule has 2 rings (SSSR count). The van der Waals surface area contributed by atoms with Gasteiger partial charge in [-0.2, -0.15) is 13.2 Å². The molecule has 1 aliphatic rings. The van der Waals surface area contributed by atoms with E-state index in [-0.39, 0.29) is 25.8 Å². The van der Waals surface area contributed by atoms with Crippen LogP contribution in [0.4, 0.5) is 17.6 Å². The lowest BCUT2D eigenvalue weighted by atomic mass is 9.94. The number of rotatable bonds is 5. The summed E-state index contributed by atoms with van der Waals surface area (Å²) in [5, 5.41) is 0.962. The predicted octanol–water partition coefficient (Wildman–Crippen LogP) is 3.45. The van der Waals surface area contributed by atoms with Crippen LogP contribution >= 0.6 is 0 Å². The minimum atomic E-state index is -4.46. The summed E-state index contributed by atoms with van der Waals surface area (Å²) in [6, 6.07) is 4.29. The van der Waals surface area contributed by atoms with E-state index < -0.39 is 29.4 Å². The lowest BCUT2D eigenvalue weighted by molar-refractivity contribution is -0.190. The van der Waals surface area contributed by atoms with Crippen LogP contribution in [0.25, 0.3) is 0 Å². The second-order valence-electron chi connectivity index (χ2n) is 6.49. The maximum Gasteiger partial charge on any atom is 0.405 e. The van der Waals surface area contributed by atoms with Gasteiger partial charge in [0.2, 0.25) is 5.91 Å². The van der Waals surface area contributed by atoms with Crippen LogP contribution in [0.15, 0.2) is 24.3 Å². The SMILES string of the molecule is CC1(C)CN(C(CCCc2ccccc2F)C(F)(F)F)NC1=O. The highest BCUT2D eigenvalue weighted by Crippen LogP contribution is 2.33. The Kier molecular flexibility index (Phi) is 4.98. The van der Waals surface area contributed by atoms with Gasteiger partial charge in [-0.15, -0.1) is 0 Å². The quantitative estimate of drug-likeness (QED) is 0.838. The zero-order valence-corrected chi connectivity index (χ0v) is 13.1. The van der Waals surface area contributed by atoms with Gasteiger partial charge < -0.3 is 0 Å². The van der Waals surface area contributed by atoms with E-state index in [1.165, 1.54) is 6.07 Å². The zero-order chi connectivity index (χ0) is 17.3. The number of nitrogens with one attached hydrogen (secondary N) is 1. The fourth-order valence-corrected chi connectivity index (χ4v) is 2.69. The fourth-order valence-electron chi connectivity index (χ4n) is 2.69. The molecule has 7 heteroatoms. The van der Waals surface area contributed by atoms with Crippen molar-refractivity contribution in [2.75, 3.05) is 6.54 Å². The van der Waals surface area contributed by atoms with Gasteiger partial charge >= 0.3 is 6.18 Å². The molecule has 1 unspecified atom stereocenters. The number of alkyl halides is 3. The molecule has 0 saturated carbocycles. The van der Waals surface area contributed by atoms with Crippen LogP contribution in [0.1, 0.15) is 32.3 Å². The number of hydrazine groups is 1. The molecule has 1 fully saturated rings. The van der Waals surface area contributed by atoms with Gasteiger partial charge in [0.05, 0.1) is 5.41 Å². The van der Waals surface area contributed by atoms with Gasteiger partial charge in [-0.05, 0) is 44.7 Å². The van der Waals surface area contributed by atoms with Crippen molar-refractivity contribution >= 4 is 5.91 Å². The molecule has 1 atom stereocenters. The Morgan fingerprint density at radius 1 is 1.30 bits per heavy atom. The highest BCUT2D eigenvalue weighted by molar-refractivity contribution is 5.83. The van der Waals surface area contributed by atoms with Crippen molar-refractivity contribution in [2.24, 2.45) is 5.41 Å².